The third-order valence-corrected chi connectivity index (χ3v) is 3.14. The van der Waals surface area contributed by atoms with Crippen LogP contribution >= 0.6 is 0 Å². The van der Waals surface area contributed by atoms with E-state index in [-0.39, 0.29) is 0 Å². The third-order valence-electron chi connectivity index (χ3n) is 1.64. The molecule has 1 aliphatic rings. The Labute approximate surface area is 71.6 Å². The predicted molar refractivity (Wildman–Crippen MR) is 47.2 cm³/mol. The van der Waals surface area contributed by atoms with Crippen LogP contribution in [-0.4, -0.2) is 28.0 Å². The van der Waals surface area contributed by atoms with Crippen LogP contribution in [0, 0.1) is 0 Å². The zero-order valence-electron chi connectivity index (χ0n) is 7.17. The van der Waals surface area contributed by atoms with E-state index in [0.29, 0.717) is 6.04 Å². The van der Waals surface area contributed by atoms with Crippen LogP contribution in [0.2, 0.25) is 0 Å². The van der Waals surface area contributed by atoms with Gasteiger partial charge < -0.3 is 4.55 Å². The Morgan fingerprint density at radius 1 is 1.36 bits per heavy atom. The van der Waals surface area contributed by atoms with Gasteiger partial charge in [0.25, 0.3) is 0 Å². The zero-order valence-corrected chi connectivity index (χ0v) is 7.99. The molecule has 0 aromatic heterocycles. The van der Waals surface area contributed by atoms with Crippen molar-refractivity contribution in [3.63, 3.8) is 0 Å². The van der Waals surface area contributed by atoms with Crippen molar-refractivity contribution in [2.45, 2.75) is 32.7 Å². The first kappa shape index (κ1) is 9.32. The molecule has 0 aromatic carbocycles. The van der Waals surface area contributed by atoms with Crippen molar-refractivity contribution in [1.82, 2.24) is 9.03 Å². The summed E-state index contributed by atoms with van der Waals surface area (Å²) >= 11 is -0.942. The molecule has 1 heterocycles. The van der Waals surface area contributed by atoms with Crippen molar-refractivity contribution < 1.29 is 4.55 Å². The van der Waals surface area contributed by atoms with Crippen LogP contribution in [0.15, 0.2) is 0 Å². The van der Waals surface area contributed by atoms with Gasteiger partial charge >= 0.3 is 0 Å². The highest BCUT2D eigenvalue weighted by atomic mass is 32.2. The summed E-state index contributed by atoms with van der Waals surface area (Å²) in [5, 5.41) is 0. The minimum absolute atomic E-state index is 0.302. The highest BCUT2D eigenvalue weighted by Gasteiger charge is 2.24. The number of hydrogen-bond acceptors (Lipinski definition) is 3. The van der Waals surface area contributed by atoms with E-state index in [0.717, 1.165) is 13.1 Å². The van der Waals surface area contributed by atoms with Crippen molar-refractivity contribution in [1.29, 1.82) is 0 Å². The van der Waals surface area contributed by atoms with E-state index < -0.39 is 11.5 Å². The molecule has 0 saturated carbocycles. The van der Waals surface area contributed by atoms with Crippen molar-refractivity contribution >= 4 is 11.5 Å². The summed E-state index contributed by atoms with van der Waals surface area (Å²) in [5.41, 5.74) is 0. The molecule has 4 heteroatoms. The molecule has 0 amide bonds. The maximum absolute atomic E-state index is 11.4. The van der Waals surface area contributed by atoms with E-state index in [1.165, 1.54) is 12.8 Å². The SMILES string of the molecule is CC(C)N[S+]([O-])N1CCCC1. The fourth-order valence-electron chi connectivity index (χ4n) is 1.13. The van der Waals surface area contributed by atoms with Gasteiger partial charge in [0, 0.05) is 19.1 Å². The molecule has 0 spiro atoms. The Kier molecular flexibility index (Phi) is 3.65. The molecule has 1 unspecified atom stereocenters. The largest absolute Gasteiger partial charge is 0.579 e. The molecule has 1 N–H and O–H groups in total. The molecule has 1 rings (SSSR count). The number of nitrogens with zero attached hydrogens (tertiary/aromatic N) is 1. The molecule has 1 atom stereocenters. The van der Waals surface area contributed by atoms with Gasteiger partial charge in [-0.1, -0.05) is 0 Å². The lowest BCUT2D eigenvalue weighted by Gasteiger charge is -2.19. The second-order valence-corrected chi connectivity index (χ2v) is 4.41. The molecule has 11 heavy (non-hydrogen) atoms. The number of nitrogens with one attached hydrogen (secondary N) is 1. The normalized spacial score (nSPS) is 22.9. The minimum Gasteiger partial charge on any atom is -0.579 e. The summed E-state index contributed by atoms with van der Waals surface area (Å²) < 4.78 is 16.4. The van der Waals surface area contributed by atoms with E-state index in [2.05, 4.69) is 4.72 Å². The average Bonchev–Trinajstić information content (AvgIpc) is 2.35. The summed E-state index contributed by atoms with van der Waals surface area (Å²) in [6.07, 6.45) is 2.37. The Hall–Kier alpha value is 0.230. The molecule has 0 radical (unpaired) electrons. The zero-order chi connectivity index (χ0) is 8.27. The Morgan fingerprint density at radius 2 is 1.91 bits per heavy atom. The lowest BCUT2D eigenvalue weighted by molar-refractivity contribution is 0.458. The quantitative estimate of drug-likeness (QED) is 0.642. The van der Waals surface area contributed by atoms with Crippen LogP contribution in [0.4, 0.5) is 0 Å². The van der Waals surface area contributed by atoms with Crippen LogP contribution in [0.5, 0.6) is 0 Å². The molecule has 0 aromatic rings. The van der Waals surface area contributed by atoms with Gasteiger partial charge in [0.1, 0.15) is 11.5 Å². The monoisotopic (exact) mass is 176 g/mol. The fraction of sp³-hybridized carbons (Fsp3) is 1.00. The molecule has 1 fully saturated rings. The number of rotatable bonds is 3. The second-order valence-electron chi connectivity index (χ2n) is 3.16. The smallest absolute Gasteiger partial charge is 0.137 e. The molecular formula is C7H16N2OS. The molecule has 1 saturated heterocycles. The van der Waals surface area contributed by atoms with E-state index in [9.17, 15) is 4.55 Å². The highest BCUT2D eigenvalue weighted by Crippen LogP contribution is 2.11. The maximum Gasteiger partial charge on any atom is 0.137 e. The van der Waals surface area contributed by atoms with Gasteiger partial charge in [0.2, 0.25) is 0 Å². The number of hydrogen-bond donors (Lipinski definition) is 1. The standard InChI is InChI=1S/C7H16N2OS/c1-7(2)8-11(10)9-5-3-4-6-9/h7-8H,3-6H2,1-2H3. The highest BCUT2D eigenvalue weighted by molar-refractivity contribution is 7.87. The van der Waals surface area contributed by atoms with E-state index >= 15 is 0 Å². The molecule has 3 nitrogen and oxygen atoms in total. The van der Waals surface area contributed by atoms with Crippen molar-refractivity contribution in [3.8, 4) is 0 Å². The molecular weight excluding hydrogens is 160 g/mol. The van der Waals surface area contributed by atoms with Gasteiger partial charge in [-0.25, -0.2) is 0 Å². The van der Waals surface area contributed by atoms with Gasteiger partial charge in [-0.2, -0.15) is 0 Å². The van der Waals surface area contributed by atoms with Crippen molar-refractivity contribution in [3.05, 3.63) is 0 Å². The lowest BCUT2D eigenvalue weighted by Crippen LogP contribution is -2.42. The van der Waals surface area contributed by atoms with Crippen LogP contribution in [0.1, 0.15) is 26.7 Å². The van der Waals surface area contributed by atoms with Gasteiger partial charge in [-0.3, -0.25) is 0 Å². The maximum atomic E-state index is 11.4. The minimum atomic E-state index is -0.942. The summed E-state index contributed by atoms with van der Waals surface area (Å²) in [5.74, 6) is 0. The Bertz CT molecular complexity index is 115. The van der Waals surface area contributed by atoms with Crippen molar-refractivity contribution in [2.24, 2.45) is 0 Å². The van der Waals surface area contributed by atoms with Gasteiger partial charge in [0.05, 0.1) is 0 Å². The van der Waals surface area contributed by atoms with Crippen LogP contribution in [0.25, 0.3) is 0 Å². The van der Waals surface area contributed by atoms with E-state index in [4.69, 9.17) is 0 Å². The second kappa shape index (κ2) is 4.30. The predicted octanol–water partition coefficient (Wildman–Crippen LogP) is 0.659. The summed E-state index contributed by atoms with van der Waals surface area (Å²) in [6.45, 7) is 5.97. The molecule has 0 bridgehead atoms. The molecule has 1 aliphatic heterocycles. The third kappa shape index (κ3) is 2.99. The van der Waals surface area contributed by atoms with Crippen molar-refractivity contribution in [2.75, 3.05) is 13.1 Å². The first-order chi connectivity index (χ1) is 5.20. The molecule has 66 valence electrons. The first-order valence-electron chi connectivity index (χ1n) is 4.13. The fourth-order valence-corrected chi connectivity index (χ4v) is 2.27. The summed E-state index contributed by atoms with van der Waals surface area (Å²) in [7, 11) is 0. The molecule has 0 aliphatic carbocycles. The van der Waals surface area contributed by atoms with E-state index in [1.54, 1.807) is 0 Å². The summed E-state index contributed by atoms with van der Waals surface area (Å²) in [4.78, 5) is 0. The van der Waals surface area contributed by atoms with Gasteiger partial charge in [-0.05, 0) is 26.7 Å². The van der Waals surface area contributed by atoms with Crippen LogP contribution < -0.4 is 4.72 Å². The topological polar surface area (TPSA) is 38.3 Å². The van der Waals surface area contributed by atoms with E-state index in [1.807, 2.05) is 18.2 Å². The van der Waals surface area contributed by atoms with Crippen LogP contribution in [-0.2, 0) is 11.5 Å². The van der Waals surface area contributed by atoms with Crippen LogP contribution in [0.3, 0.4) is 0 Å². The summed E-state index contributed by atoms with van der Waals surface area (Å²) in [6, 6.07) is 0.302. The average molecular weight is 176 g/mol. The van der Waals surface area contributed by atoms with Gasteiger partial charge in [0.15, 0.2) is 0 Å². The lowest BCUT2D eigenvalue weighted by atomic mass is 10.4. The Morgan fingerprint density at radius 3 is 2.36 bits per heavy atom. The first-order valence-corrected chi connectivity index (χ1v) is 5.24. The Balaban J connectivity index is 2.22. The van der Waals surface area contributed by atoms with Gasteiger partial charge in [-0.15, -0.1) is 9.03 Å².